The molecular formula is C43H31NS. The Morgan fingerprint density at radius 1 is 0.467 bits per heavy atom. The first-order chi connectivity index (χ1) is 22.1. The fourth-order valence-corrected chi connectivity index (χ4v) is 8.64. The molecule has 45 heavy (non-hydrogen) atoms. The summed E-state index contributed by atoms with van der Waals surface area (Å²) < 4.78 is 2.66. The van der Waals surface area contributed by atoms with Crippen molar-refractivity contribution < 1.29 is 0 Å². The highest BCUT2D eigenvalue weighted by Crippen LogP contribution is 2.51. The lowest BCUT2D eigenvalue weighted by Crippen LogP contribution is -2.16. The largest absolute Gasteiger partial charge is 0.310 e. The van der Waals surface area contributed by atoms with Gasteiger partial charge in [-0.3, -0.25) is 0 Å². The first-order valence-electron chi connectivity index (χ1n) is 15.6. The highest BCUT2D eigenvalue weighted by Gasteiger charge is 2.35. The molecule has 1 nitrogen and oxygen atoms in total. The topological polar surface area (TPSA) is 3.24 Å². The molecule has 1 aliphatic carbocycles. The zero-order chi connectivity index (χ0) is 30.1. The summed E-state index contributed by atoms with van der Waals surface area (Å²) in [6.07, 6.45) is 0. The maximum Gasteiger partial charge on any atom is 0.0476 e. The van der Waals surface area contributed by atoms with Gasteiger partial charge in [-0.25, -0.2) is 0 Å². The van der Waals surface area contributed by atoms with E-state index in [0.29, 0.717) is 0 Å². The van der Waals surface area contributed by atoms with Crippen molar-refractivity contribution in [2.24, 2.45) is 0 Å². The van der Waals surface area contributed by atoms with Gasteiger partial charge in [0.05, 0.1) is 0 Å². The monoisotopic (exact) mass is 593 g/mol. The molecule has 214 valence electrons. The first kappa shape index (κ1) is 26.2. The Kier molecular flexibility index (Phi) is 5.78. The maximum absolute atomic E-state index is 2.44. The van der Waals surface area contributed by atoms with E-state index in [1.165, 1.54) is 70.0 Å². The number of anilines is 3. The predicted molar refractivity (Wildman–Crippen MR) is 195 cm³/mol. The summed E-state index contributed by atoms with van der Waals surface area (Å²) in [7, 11) is 0. The second kappa shape index (κ2) is 9.92. The molecule has 8 aromatic rings. The number of hydrogen-bond donors (Lipinski definition) is 0. The van der Waals surface area contributed by atoms with Crippen LogP contribution in [0.5, 0.6) is 0 Å². The van der Waals surface area contributed by atoms with Crippen molar-refractivity contribution in [1.29, 1.82) is 0 Å². The second-order valence-electron chi connectivity index (χ2n) is 12.6. The van der Waals surface area contributed by atoms with E-state index in [1.54, 1.807) is 0 Å². The number of nitrogens with zero attached hydrogens (tertiary/aromatic N) is 1. The van der Waals surface area contributed by atoms with Crippen molar-refractivity contribution in [2.75, 3.05) is 4.90 Å². The standard InChI is InChI=1S/C43H31NS/c1-43(2)39-18-9-8-17-35(39)36-23-20-32(26-40(36)43)44(31-15-10-14-30(25-31)28-11-4-3-5-12-28)33-21-24-37-38-22-19-29-13-6-7-16-34(29)42(38)45-41(37)27-33/h3-27H,1-2H3. The lowest BCUT2D eigenvalue weighted by Gasteiger charge is -2.28. The Bertz CT molecular complexity index is 2410. The zero-order valence-electron chi connectivity index (χ0n) is 25.3. The Morgan fingerprint density at radius 2 is 1.16 bits per heavy atom. The van der Waals surface area contributed by atoms with Gasteiger partial charge in [-0.05, 0) is 80.6 Å². The quantitative estimate of drug-likeness (QED) is 0.196. The molecule has 0 aliphatic heterocycles. The third kappa shape index (κ3) is 4.06. The summed E-state index contributed by atoms with van der Waals surface area (Å²) >= 11 is 1.90. The SMILES string of the molecule is CC1(C)c2ccccc2-c2ccc(N(c3cccc(-c4ccccc4)c3)c3ccc4c(c3)sc3c5ccccc5ccc43)cc21. The van der Waals surface area contributed by atoms with Crippen LogP contribution in [0.2, 0.25) is 0 Å². The molecule has 0 atom stereocenters. The van der Waals surface area contributed by atoms with Crippen LogP contribution in [0.1, 0.15) is 25.0 Å². The molecule has 0 N–H and O–H groups in total. The van der Waals surface area contributed by atoms with Gasteiger partial charge in [-0.2, -0.15) is 0 Å². The van der Waals surface area contributed by atoms with Crippen molar-refractivity contribution in [1.82, 2.24) is 0 Å². The van der Waals surface area contributed by atoms with Crippen LogP contribution in [0.15, 0.2) is 152 Å². The molecule has 1 aliphatic rings. The van der Waals surface area contributed by atoms with Crippen LogP contribution in [-0.2, 0) is 5.41 Å². The van der Waals surface area contributed by atoms with Crippen molar-refractivity contribution in [3.8, 4) is 22.3 Å². The fraction of sp³-hybridized carbons (Fsp3) is 0.0698. The Balaban J connectivity index is 1.26. The summed E-state index contributed by atoms with van der Waals surface area (Å²) in [5, 5.41) is 5.26. The minimum atomic E-state index is -0.0734. The Labute approximate surface area is 267 Å². The van der Waals surface area contributed by atoms with Gasteiger partial charge >= 0.3 is 0 Å². The van der Waals surface area contributed by atoms with E-state index < -0.39 is 0 Å². The van der Waals surface area contributed by atoms with Crippen LogP contribution >= 0.6 is 11.3 Å². The minimum absolute atomic E-state index is 0.0734. The molecule has 0 spiro atoms. The number of fused-ring (bicyclic) bond motifs is 8. The van der Waals surface area contributed by atoms with E-state index >= 15 is 0 Å². The number of rotatable bonds is 4. The van der Waals surface area contributed by atoms with Crippen LogP contribution in [0.25, 0.3) is 53.2 Å². The molecule has 0 radical (unpaired) electrons. The summed E-state index contributed by atoms with van der Waals surface area (Å²) in [5.74, 6) is 0. The van der Waals surface area contributed by atoms with Crippen LogP contribution in [0.3, 0.4) is 0 Å². The third-order valence-corrected chi connectivity index (χ3v) is 10.8. The molecule has 1 aromatic heterocycles. The lowest BCUT2D eigenvalue weighted by molar-refractivity contribution is 0.660. The van der Waals surface area contributed by atoms with Crippen molar-refractivity contribution >= 4 is 59.3 Å². The van der Waals surface area contributed by atoms with E-state index in [1.807, 2.05) is 11.3 Å². The van der Waals surface area contributed by atoms with Gasteiger partial charge in [0, 0.05) is 42.6 Å². The molecule has 7 aromatic carbocycles. The molecule has 0 bridgehead atoms. The number of benzene rings is 7. The normalized spacial score (nSPS) is 13.3. The van der Waals surface area contributed by atoms with E-state index in [0.717, 1.165) is 11.4 Å². The maximum atomic E-state index is 2.44. The van der Waals surface area contributed by atoms with Crippen molar-refractivity contribution in [3.63, 3.8) is 0 Å². The molecule has 0 fully saturated rings. The highest BCUT2D eigenvalue weighted by molar-refractivity contribution is 7.26. The number of thiophene rings is 1. The summed E-state index contributed by atoms with van der Waals surface area (Å²) in [6, 6.07) is 55.8. The smallest absolute Gasteiger partial charge is 0.0476 e. The van der Waals surface area contributed by atoms with Gasteiger partial charge < -0.3 is 4.90 Å². The second-order valence-corrected chi connectivity index (χ2v) is 13.7. The van der Waals surface area contributed by atoms with Crippen LogP contribution in [0, 0.1) is 0 Å². The number of hydrogen-bond acceptors (Lipinski definition) is 2. The fourth-order valence-electron chi connectivity index (χ4n) is 7.37. The molecule has 9 rings (SSSR count). The molecule has 0 saturated carbocycles. The average molecular weight is 594 g/mol. The first-order valence-corrected chi connectivity index (χ1v) is 16.4. The van der Waals surface area contributed by atoms with E-state index in [-0.39, 0.29) is 5.41 Å². The van der Waals surface area contributed by atoms with Crippen molar-refractivity contribution in [2.45, 2.75) is 19.3 Å². The molecule has 0 amide bonds. The van der Waals surface area contributed by atoms with E-state index in [2.05, 4.69) is 170 Å². The predicted octanol–water partition coefficient (Wildman–Crippen LogP) is 12.7. The average Bonchev–Trinajstić information content (AvgIpc) is 3.57. The van der Waals surface area contributed by atoms with Gasteiger partial charge in [-0.1, -0.05) is 129 Å². The molecular weight excluding hydrogens is 563 g/mol. The summed E-state index contributed by atoms with van der Waals surface area (Å²) in [4.78, 5) is 2.44. The summed E-state index contributed by atoms with van der Waals surface area (Å²) in [6.45, 7) is 4.71. The molecule has 2 heteroatoms. The minimum Gasteiger partial charge on any atom is -0.310 e. The van der Waals surface area contributed by atoms with Gasteiger partial charge in [0.2, 0.25) is 0 Å². The summed E-state index contributed by atoms with van der Waals surface area (Å²) in [5.41, 5.74) is 11.3. The van der Waals surface area contributed by atoms with E-state index in [4.69, 9.17) is 0 Å². The molecule has 1 heterocycles. The Morgan fingerprint density at radius 3 is 2.07 bits per heavy atom. The van der Waals surface area contributed by atoms with Gasteiger partial charge in [0.15, 0.2) is 0 Å². The third-order valence-electron chi connectivity index (χ3n) is 9.64. The van der Waals surface area contributed by atoms with Crippen LogP contribution < -0.4 is 4.90 Å². The van der Waals surface area contributed by atoms with Crippen LogP contribution in [0.4, 0.5) is 17.1 Å². The zero-order valence-corrected chi connectivity index (χ0v) is 26.1. The van der Waals surface area contributed by atoms with Gasteiger partial charge in [-0.15, -0.1) is 11.3 Å². The lowest BCUT2D eigenvalue weighted by atomic mass is 9.82. The molecule has 0 saturated heterocycles. The Hall–Kier alpha value is -5.18. The van der Waals surface area contributed by atoms with Crippen molar-refractivity contribution in [3.05, 3.63) is 163 Å². The van der Waals surface area contributed by atoms with Crippen LogP contribution in [-0.4, -0.2) is 0 Å². The van der Waals surface area contributed by atoms with Gasteiger partial charge in [0.25, 0.3) is 0 Å². The van der Waals surface area contributed by atoms with E-state index in [9.17, 15) is 0 Å². The molecule has 0 unspecified atom stereocenters. The van der Waals surface area contributed by atoms with Gasteiger partial charge in [0.1, 0.15) is 0 Å². The highest BCUT2D eigenvalue weighted by atomic mass is 32.1.